The standard InChI is InChI=1S/C8H4B4N4/c9-1-5(13-9)2-7(15-11-2)4-8(16-12-4)3-6(1)14-10-3/h13-16H. The van der Waals surface area contributed by atoms with E-state index in [4.69, 9.17) is 0 Å². The number of allylic oxidation sites excluding steroid dienone is 4. The smallest absolute Gasteiger partial charge is 0.286 e. The van der Waals surface area contributed by atoms with Crippen molar-refractivity contribution in [1.82, 2.24) is 20.9 Å². The fourth-order valence-corrected chi connectivity index (χ4v) is 2.55. The molecule has 4 heterocycles. The molecule has 68 valence electrons. The van der Waals surface area contributed by atoms with Crippen molar-refractivity contribution in [3.05, 3.63) is 44.7 Å². The van der Waals surface area contributed by atoms with Crippen molar-refractivity contribution in [2.24, 2.45) is 0 Å². The van der Waals surface area contributed by atoms with Crippen LogP contribution >= 0.6 is 0 Å². The highest BCUT2D eigenvalue weighted by Crippen LogP contribution is 2.39. The van der Waals surface area contributed by atoms with Crippen molar-refractivity contribution in [3.8, 4) is 0 Å². The van der Waals surface area contributed by atoms with Crippen LogP contribution < -0.4 is 20.9 Å². The Bertz CT molecular complexity index is 411. The fraction of sp³-hybridized carbons (Fsp3) is 0. The van der Waals surface area contributed by atoms with Gasteiger partial charge in [-0.25, -0.2) is 0 Å². The van der Waals surface area contributed by atoms with Crippen molar-refractivity contribution in [2.45, 2.75) is 0 Å². The number of rotatable bonds is 0. The highest BCUT2D eigenvalue weighted by atomic mass is 15.0. The SMILES string of the molecule is [B]1NC2=C1C1=C([B]N1)C1=C([B]N1)C1=C2[B]N1. The van der Waals surface area contributed by atoms with Crippen LogP contribution in [0.1, 0.15) is 0 Å². The van der Waals surface area contributed by atoms with Gasteiger partial charge in [-0.3, -0.25) is 0 Å². The molecule has 0 atom stereocenters. The summed E-state index contributed by atoms with van der Waals surface area (Å²) in [6.07, 6.45) is 0. The van der Waals surface area contributed by atoms with Crippen LogP contribution in [0, 0.1) is 0 Å². The maximum atomic E-state index is 3.27. The van der Waals surface area contributed by atoms with Crippen LogP contribution in [0.25, 0.3) is 0 Å². The second kappa shape index (κ2) is 2.24. The minimum atomic E-state index is 1.23. The van der Waals surface area contributed by atoms with Gasteiger partial charge in [0.1, 0.15) is 0 Å². The van der Waals surface area contributed by atoms with Gasteiger partial charge in [0, 0.05) is 22.8 Å². The highest BCUT2D eigenvalue weighted by Gasteiger charge is 2.42. The quantitative estimate of drug-likeness (QED) is 0.333. The van der Waals surface area contributed by atoms with Gasteiger partial charge in [-0.15, -0.1) is 0 Å². The third-order valence-corrected chi connectivity index (χ3v) is 3.60. The molecule has 0 spiro atoms. The second-order valence-electron chi connectivity index (χ2n) is 4.31. The van der Waals surface area contributed by atoms with Crippen molar-refractivity contribution in [2.75, 3.05) is 0 Å². The Balaban J connectivity index is 1.84. The van der Waals surface area contributed by atoms with Gasteiger partial charge in [0.15, 0.2) is 0 Å². The lowest BCUT2D eigenvalue weighted by atomic mass is 9.49. The van der Waals surface area contributed by atoms with E-state index >= 15 is 0 Å². The minimum Gasteiger partial charge on any atom is -0.428 e. The number of hydrogen-bond donors (Lipinski definition) is 4. The van der Waals surface area contributed by atoms with Crippen molar-refractivity contribution < 1.29 is 0 Å². The largest absolute Gasteiger partial charge is 0.428 e. The monoisotopic (exact) mass is 200 g/mol. The lowest BCUT2D eigenvalue weighted by Crippen LogP contribution is -2.55. The van der Waals surface area contributed by atoms with E-state index in [1.807, 2.05) is 0 Å². The average molecular weight is 199 g/mol. The zero-order valence-corrected chi connectivity index (χ0v) is 8.31. The van der Waals surface area contributed by atoms with Gasteiger partial charge >= 0.3 is 0 Å². The van der Waals surface area contributed by atoms with E-state index < -0.39 is 0 Å². The molecule has 0 saturated heterocycles. The van der Waals surface area contributed by atoms with Gasteiger partial charge in [0.2, 0.25) is 0 Å². The minimum absolute atomic E-state index is 1.23. The van der Waals surface area contributed by atoms with Crippen LogP contribution in [-0.4, -0.2) is 29.7 Å². The molecule has 0 fully saturated rings. The van der Waals surface area contributed by atoms with Crippen molar-refractivity contribution in [1.29, 1.82) is 0 Å². The van der Waals surface area contributed by atoms with Gasteiger partial charge in [-0.05, 0) is 21.9 Å². The first-order chi connectivity index (χ1) is 7.93. The molecule has 0 aromatic rings. The predicted molar refractivity (Wildman–Crippen MR) is 63.7 cm³/mol. The average Bonchev–Trinajstić information content (AvgIpc) is 2.17. The molecule has 4 aliphatic heterocycles. The molecule has 4 radical (unpaired) electrons. The van der Waals surface area contributed by atoms with E-state index in [0.717, 1.165) is 0 Å². The first kappa shape index (κ1) is 7.65. The normalized spacial score (nSPS) is 26.0. The molecule has 0 aromatic carbocycles. The Hall–Kier alpha value is -1.58. The molecule has 5 rings (SSSR count). The molecule has 8 heteroatoms. The number of nitrogens with one attached hydrogen (secondary N) is 4. The first-order valence-corrected chi connectivity index (χ1v) is 5.31. The molecule has 0 unspecified atom stereocenters. The lowest BCUT2D eigenvalue weighted by Gasteiger charge is -2.45. The summed E-state index contributed by atoms with van der Waals surface area (Å²) in [5.74, 6) is 0. The zero-order chi connectivity index (χ0) is 10.3. The molecule has 4 N–H and O–H groups in total. The van der Waals surface area contributed by atoms with Gasteiger partial charge in [0.25, 0.3) is 29.7 Å². The second-order valence-corrected chi connectivity index (χ2v) is 4.31. The molecule has 0 aromatic heterocycles. The number of hydrogen-bond acceptors (Lipinski definition) is 4. The van der Waals surface area contributed by atoms with Crippen LogP contribution in [0.2, 0.25) is 0 Å². The molecule has 0 saturated carbocycles. The molecular formula is C8H4B4N4. The summed E-state index contributed by atoms with van der Waals surface area (Å²) >= 11 is 0. The Morgan fingerprint density at radius 3 is 0.812 bits per heavy atom. The molecule has 1 aliphatic carbocycles. The summed E-state index contributed by atoms with van der Waals surface area (Å²) < 4.78 is 0. The van der Waals surface area contributed by atoms with Crippen LogP contribution in [0.15, 0.2) is 44.7 Å². The van der Waals surface area contributed by atoms with E-state index in [0.29, 0.717) is 0 Å². The van der Waals surface area contributed by atoms with Crippen LogP contribution in [0.5, 0.6) is 0 Å². The van der Waals surface area contributed by atoms with Gasteiger partial charge in [-0.2, -0.15) is 0 Å². The summed E-state index contributed by atoms with van der Waals surface area (Å²) in [5.41, 5.74) is 10.0. The molecular weight excluding hydrogens is 195 g/mol. The Morgan fingerprint density at radius 1 is 0.438 bits per heavy atom. The third kappa shape index (κ3) is 0.637. The van der Waals surface area contributed by atoms with Gasteiger partial charge < -0.3 is 20.9 Å². The lowest BCUT2D eigenvalue weighted by molar-refractivity contribution is 0.950. The molecule has 5 aliphatic rings. The fourth-order valence-electron chi connectivity index (χ4n) is 2.55. The topological polar surface area (TPSA) is 48.1 Å². The van der Waals surface area contributed by atoms with Crippen molar-refractivity contribution in [3.63, 3.8) is 0 Å². The van der Waals surface area contributed by atoms with Crippen LogP contribution in [0.4, 0.5) is 0 Å². The Labute approximate surface area is 95.7 Å². The Morgan fingerprint density at radius 2 is 0.688 bits per heavy atom. The molecule has 16 heavy (non-hydrogen) atoms. The number of fused-ring (bicyclic) bond motifs is 4. The summed E-state index contributed by atoms with van der Waals surface area (Å²) in [5, 5.41) is 13.1. The van der Waals surface area contributed by atoms with Crippen LogP contribution in [0.3, 0.4) is 0 Å². The maximum Gasteiger partial charge on any atom is 0.286 e. The van der Waals surface area contributed by atoms with E-state index in [2.05, 4.69) is 50.6 Å². The summed E-state index contributed by atoms with van der Waals surface area (Å²) in [6.45, 7) is 0. The zero-order valence-electron chi connectivity index (χ0n) is 8.31. The molecule has 0 bridgehead atoms. The summed E-state index contributed by atoms with van der Waals surface area (Å²) in [4.78, 5) is 0. The van der Waals surface area contributed by atoms with E-state index in [1.54, 1.807) is 0 Å². The van der Waals surface area contributed by atoms with Gasteiger partial charge in [-0.1, -0.05) is 0 Å². The maximum absolute atomic E-state index is 3.27. The van der Waals surface area contributed by atoms with Crippen molar-refractivity contribution >= 4 is 29.7 Å². The summed E-state index contributed by atoms with van der Waals surface area (Å²) in [7, 11) is 8.20. The molecule has 4 nitrogen and oxygen atoms in total. The Kier molecular flexibility index (Phi) is 1.07. The van der Waals surface area contributed by atoms with E-state index in [-0.39, 0.29) is 0 Å². The predicted octanol–water partition coefficient (Wildman–Crippen LogP) is -2.26. The highest BCUT2D eigenvalue weighted by molar-refractivity contribution is 6.62. The first-order valence-electron chi connectivity index (χ1n) is 5.31. The summed E-state index contributed by atoms with van der Waals surface area (Å²) in [6, 6.07) is 0. The molecule has 0 amide bonds. The van der Waals surface area contributed by atoms with E-state index in [9.17, 15) is 0 Å². The third-order valence-electron chi connectivity index (χ3n) is 3.60. The van der Waals surface area contributed by atoms with E-state index in [1.165, 1.54) is 44.7 Å². The van der Waals surface area contributed by atoms with Gasteiger partial charge in [0.05, 0.1) is 0 Å². The van der Waals surface area contributed by atoms with Crippen LogP contribution in [-0.2, 0) is 0 Å².